The highest BCUT2D eigenvalue weighted by Gasteiger charge is 2.27. The minimum absolute atomic E-state index is 0.378. The van der Waals surface area contributed by atoms with Crippen molar-refractivity contribution in [2.24, 2.45) is 5.41 Å². The number of halogens is 1. The number of aromatic nitrogens is 1. The summed E-state index contributed by atoms with van der Waals surface area (Å²) in [6.07, 6.45) is 2.53. The summed E-state index contributed by atoms with van der Waals surface area (Å²) in [5, 5.41) is 3.85. The van der Waals surface area contributed by atoms with Gasteiger partial charge in [0.2, 0.25) is 0 Å². The van der Waals surface area contributed by atoms with Crippen molar-refractivity contribution in [3.05, 3.63) is 22.8 Å². The molecule has 1 saturated heterocycles. The van der Waals surface area contributed by atoms with Crippen LogP contribution in [0.2, 0.25) is 5.02 Å². The maximum atomic E-state index is 6.15. The zero-order valence-corrected chi connectivity index (χ0v) is 12.2. The lowest BCUT2D eigenvalue weighted by molar-refractivity contribution is 0.292. The van der Waals surface area contributed by atoms with Crippen molar-refractivity contribution in [1.29, 1.82) is 0 Å². The van der Waals surface area contributed by atoms with E-state index in [-0.39, 0.29) is 0 Å². The monoisotopic (exact) mass is 267 g/mol. The van der Waals surface area contributed by atoms with Crippen LogP contribution in [0.1, 0.15) is 32.4 Å². The molecular weight excluding hydrogens is 246 g/mol. The third-order valence-electron chi connectivity index (χ3n) is 3.47. The molecule has 2 heterocycles. The fourth-order valence-electron chi connectivity index (χ4n) is 2.56. The minimum atomic E-state index is 0.378. The predicted molar refractivity (Wildman–Crippen MR) is 77.2 cm³/mol. The van der Waals surface area contributed by atoms with Gasteiger partial charge in [0.1, 0.15) is 5.82 Å². The average Bonchev–Trinajstić information content (AvgIpc) is 2.31. The van der Waals surface area contributed by atoms with E-state index in [1.54, 1.807) is 0 Å². The van der Waals surface area contributed by atoms with Crippen molar-refractivity contribution < 1.29 is 0 Å². The van der Waals surface area contributed by atoms with Gasteiger partial charge < -0.3 is 10.2 Å². The van der Waals surface area contributed by atoms with Crippen molar-refractivity contribution in [2.75, 3.05) is 25.0 Å². The van der Waals surface area contributed by atoms with Crippen LogP contribution in [0.5, 0.6) is 0 Å². The standard InChI is InChI=1S/C14H22ClN3/c1-14(2)7-4-8-18(10-14)13-6-5-11(15)12(17-13)9-16-3/h5-6,16H,4,7-10H2,1-3H3. The van der Waals surface area contributed by atoms with Crippen LogP contribution in [0.25, 0.3) is 0 Å². The molecule has 1 aromatic heterocycles. The van der Waals surface area contributed by atoms with Gasteiger partial charge in [-0.25, -0.2) is 4.98 Å². The van der Waals surface area contributed by atoms with Crippen molar-refractivity contribution in [1.82, 2.24) is 10.3 Å². The number of rotatable bonds is 3. The zero-order chi connectivity index (χ0) is 13.2. The van der Waals surface area contributed by atoms with Gasteiger partial charge >= 0.3 is 0 Å². The average molecular weight is 268 g/mol. The molecule has 100 valence electrons. The van der Waals surface area contributed by atoms with E-state index >= 15 is 0 Å². The fraction of sp³-hybridized carbons (Fsp3) is 0.643. The second-order valence-corrected chi connectivity index (χ2v) is 6.22. The van der Waals surface area contributed by atoms with E-state index in [4.69, 9.17) is 11.6 Å². The molecule has 2 rings (SSSR count). The van der Waals surface area contributed by atoms with Gasteiger partial charge in [-0.3, -0.25) is 0 Å². The Kier molecular flexibility index (Phi) is 4.13. The van der Waals surface area contributed by atoms with Crippen LogP contribution in [-0.2, 0) is 6.54 Å². The molecular formula is C14H22ClN3. The van der Waals surface area contributed by atoms with Gasteiger partial charge in [-0.15, -0.1) is 0 Å². The first-order valence-electron chi connectivity index (χ1n) is 6.57. The molecule has 1 aromatic rings. The first-order valence-corrected chi connectivity index (χ1v) is 6.95. The minimum Gasteiger partial charge on any atom is -0.356 e. The highest BCUT2D eigenvalue weighted by Crippen LogP contribution is 2.31. The lowest BCUT2D eigenvalue weighted by Crippen LogP contribution is -2.40. The molecule has 0 unspecified atom stereocenters. The molecule has 0 aliphatic carbocycles. The molecule has 18 heavy (non-hydrogen) atoms. The predicted octanol–water partition coefficient (Wildman–Crippen LogP) is 3.08. The molecule has 3 nitrogen and oxygen atoms in total. The Bertz CT molecular complexity index is 418. The maximum Gasteiger partial charge on any atom is 0.128 e. The summed E-state index contributed by atoms with van der Waals surface area (Å²) in [4.78, 5) is 7.06. The molecule has 0 spiro atoms. The first kappa shape index (κ1) is 13.6. The van der Waals surface area contributed by atoms with Crippen LogP contribution in [0.15, 0.2) is 12.1 Å². The molecule has 0 atom stereocenters. The maximum absolute atomic E-state index is 6.15. The summed E-state index contributed by atoms with van der Waals surface area (Å²) in [6, 6.07) is 3.99. The first-order chi connectivity index (χ1) is 8.52. The van der Waals surface area contributed by atoms with Gasteiger partial charge in [0.15, 0.2) is 0 Å². The molecule has 1 N–H and O–H groups in total. The van der Waals surface area contributed by atoms with E-state index in [0.717, 1.165) is 29.6 Å². The molecule has 1 aliphatic heterocycles. The second kappa shape index (κ2) is 5.45. The summed E-state index contributed by atoms with van der Waals surface area (Å²) in [5.41, 5.74) is 1.31. The Labute approximate surface area is 115 Å². The lowest BCUT2D eigenvalue weighted by atomic mass is 9.84. The molecule has 0 radical (unpaired) electrons. The van der Waals surface area contributed by atoms with E-state index < -0.39 is 0 Å². The molecule has 0 bridgehead atoms. The fourth-order valence-corrected chi connectivity index (χ4v) is 2.73. The number of anilines is 1. The lowest BCUT2D eigenvalue weighted by Gasteiger charge is -2.38. The van der Waals surface area contributed by atoms with Gasteiger partial charge in [-0.1, -0.05) is 25.4 Å². The summed E-state index contributed by atoms with van der Waals surface area (Å²) in [6.45, 7) is 7.52. The zero-order valence-electron chi connectivity index (χ0n) is 11.5. The molecule has 0 saturated carbocycles. The number of hydrogen-bond acceptors (Lipinski definition) is 3. The molecule has 0 amide bonds. The van der Waals surface area contributed by atoms with Gasteiger partial charge in [0.05, 0.1) is 10.7 Å². The molecule has 4 heteroatoms. The van der Waals surface area contributed by atoms with Crippen LogP contribution < -0.4 is 10.2 Å². The topological polar surface area (TPSA) is 28.2 Å². The van der Waals surface area contributed by atoms with Crippen LogP contribution in [0.3, 0.4) is 0 Å². The van der Waals surface area contributed by atoms with Crippen molar-refractivity contribution >= 4 is 17.4 Å². The van der Waals surface area contributed by atoms with Crippen molar-refractivity contribution in [2.45, 2.75) is 33.2 Å². The molecule has 1 fully saturated rings. The van der Waals surface area contributed by atoms with Crippen LogP contribution in [0.4, 0.5) is 5.82 Å². The molecule has 0 aromatic carbocycles. The smallest absolute Gasteiger partial charge is 0.128 e. The molecule has 1 aliphatic rings. The van der Waals surface area contributed by atoms with Gasteiger partial charge in [0.25, 0.3) is 0 Å². The third-order valence-corrected chi connectivity index (χ3v) is 3.82. The number of hydrogen-bond donors (Lipinski definition) is 1. The van der Waals surface area contributed by atoms with E-state index in [0.29, 0.717) is 12.0 Å². The van der Waals surface area contributed by atoms with Crippen LogP contribution in [-0.4, -0.2) is 25.1 Å². The summed E-state index contributed by atoms with van der Waals surface area (Å²) in [7, 11) is 1.91. The number of piperidine rings is 1. The van der Waals surface area contributed by atoms with E-state index in [1.807, 2.05) is 19.2 Å². The summed E-state index contributed by atoms with van der Waals surface area (Å²) in [5.74, 6) is 1.05. The van der Waals surface area contributed by atoms with Crippen molar-refractivity contribution in [3.8, 4) is 0 Å². The number of nitrogens with zero attached hydrogens (tertiary/aromatic N) is 2. The van der Waals surface area contributed by atoms with Crippen molar-refractivity contribution in [3.63, 3.8) is 0 Å². The van der Waals surface area contributed by atoms with E-state index in [2.05, 4.69) is 29.0 Å². The van der Waals surface area contributed by atoms with Gasteiger partial charge in [-0.2, -0.15) is 0 Å². The second-order valence-electron chi connectivity index (χ2n) is 5.82. The Morgan fingerprint density at radius 1 is 1.44 bits per heavy atom. The summed E-state index contributed by atoms with van der Waals surface area (Å²) < 4.78 is 0. The van der Waals surface area contributed by atoms with Crippen LogP contribution >= 0.6 is 11.6 Å². The quantitative estimate of drug-likeness (QED) is 0.912. The largest absolute Gasteiger partial charge is 0.356 e. The van der Waals surface area contributed by atoms with E-state index in [9.17, 15) is 0 Å². The highest BCUT2D eigenvalue weighted by atomic mass is 35.5. The third kappa shape index (κ3) is 3.15. The Morgan fingerprint density at radius 2 is 2.22 bits per heavy atom. The Balaban J connectivity index is 2.20. The SMILES string of the molecule is CNCc1nc(N2CCCC(C)(C)C2)ccc1Cl. The van der Waals surface area contributed by atoms with Gasteiger partial charge in [-0.05, 0) is 37.4 Å². The Hall–Kier alpha value is -0.800. The Morgan fingerprint density at radius 3 is 2.89 bits per heavy atom. The van der Waals surface area contributed by atoms with Crippen LogP contribution in [0, 0.1) is 5.41 Å². The summed E-state index contributed by atoms with van der Waals surface area (Å²) >= 11 is 6.15. The number of nitrogens with one attached hydrogen (secondary N) is 1. The van der Waals surface area contributed by atoms with Gasteiger partial charge in [0, 0.05) is 19.6 Å². The normalized spacial score (nSPS) is 19.0. The highest BCUT2D eigenvalue weighted by molar-refractivity contribution is 6.31. The van der Waals surface area contributed by atoms with E-state index in [1.165, 1.54) is 12.8 Å². The number of pyridine rings is 1.